The first-order valence-corrected chi connectivity index (χ1v) is 5.26. The van der Waals surface area contributed by atoms with E-state index >= 15 is 0 Å². The highest BCUT2D eigenvalue weighted by Gasteiger charge is 2.01. The van der Waals surface area contributed by atoms with Crippen LogP contribution in [0.5, 0.6) is 0 Å². The number of rotatable bonds is 2. The van der Waals surface area contributed by atoms with Crippen molar-refractivity contribution >= 4 is 17.2 Å². The van der Waals surface area contributed by atoms with E-state index in [1.165, 1.54) is 4.40 Å². The number of hydrogen-bond donors (Lipinski definition) is 0. The molecule has 0 aliphatic carbocycles. The molecule has 0 atom stereocenters. The molecule has 0 amide bonds. The molecule has 78 valence electrons. The Morgan fingerprint density at radius 3 is 3.00 bits per heavy atom. The lowest BCUT2D eigenvalue weighted by atomic mass is 10.2. The van der Waals surface area contributed by atoms with Crippen molar-refractivity contribution in [1.29, 1.82) is 0 Å². The fourth-order valence-electron chi connectivity index (χ4n) is 1.51. The largest absolute Gasteiger partial charge is 0.269 e. The van der Waals surface area contributed by atoms with E-state index in [4.69, 9.17) is 11.6 Å². The molecular formula is C11H11ClN2O. The standard InChI is InChI=1S/C11H11ClN2O/c1-2-3-9-6-11(15)14-7-8(12)4-5-10(14)13-9/h4-7H,2-3H2,1H3. The van der Waals surface area contributed by atoms with Gasteiger partial charge >= 0.3 is 0 Å². The maximum absolute atomic E-state index is 11.7. The molecule has 0 bridgehead atoms. The SMILES string of the molecule is CCCc1cc(=O)n2cc(Cl)ccc2n1. The molecule has 0 aliphatic rings. The summed E-state index contributed by atoms with van der Waals surface area (Å²) in [5.74, 6) is 0. The fourth-order valence-corrected chi connectivity index (χ4v) is 1.67. The highest BCUT2D eigenvalue weighted by molar-refractivity contribution is 6.30. The van der Waals surface area contributed by atoms with E-state index in [2.05, 4.69) is 11.9 Å². The van der Waals surface area contributed by atoms with Gasteiger partial charge < -0.3 is 0 Å². The van der Waals surface area contributed by atoms with E-state index in [1.807, 2.05) is 0 Å². The van der Waals surface area contributed by atoms with E-state index in [0.717, 1.165) is 18.5 Å². The van der Waals surface area contributed by atoms with Gasteiger partial charge in [-0.05, 0) is 18.6 Å². The molecule has 15 heavy (non-hydrogen) atoms. The Morgan fingerprint density at radius 2 is 2.27 bits per heavy atom. The number of aryl methyl sites for hydroxylation is 1. The van der Waals surface area contributed by atoms with Gasteiger partial charge in [-0.3, -0.25) is 9.20 Å². The van der Waals surface area contributed by atoms with Crippen molar-refractivity contribution in [3.05, 3.63) is 45.5 Å². The number of hydrogen-bond acceptors (Lipinski definition) is 2. The van der Waals surface area contributed by atoms with Crippen LogP contribution in [0.4, 0.5) is 0 Å². The Hall–Kier alpha value is -1.35. The molecule has 2 aromatic rings. The van der Waals surface area contributed by atoms with Crippen LogP contribution in [0.3, 0.4) is 0 Å². The number of fused-ring (bicyclic) bond motifs is 1. The lowest BCUT2D eigenvalue weighted by molar-refractivity contribution is 0.867. The predicted octanol–water partition coefficient (Wildman–Crippen LogP) is 2.30. The average Bonchev–Trinajstić information content (AvgIpc) is 2.20. The lowest BCUT2D eigenvalue weighted by Gasteiger charge is -2.02. The summed E-state index contributed by atoms with van der Waals surface area (Å²) in [5.41, 5.74) is 1.41. The molecule has 4 heteroatoms. The minimum Gasteiger partial charge on any atom is -0.269 e. The summed E-state index contributed by atoms with van der Waals surface area (Å²) >= 11 is 5.80. The molecular weight excluding hydrogens is 212 g/mol. The van der Waals surface area contributed by atoms with Crippen molar-refractivity contribution in [2.24, 2.45) is 0 Å². The molecule has 0 radical (unpaired) electrons. The van der Waals surface area contributed by atoms with E-state index in [0.29, 0.717) is 10.7 Å². The molecule has 2 aromatic heterocycles. The summed E-state index contributed by atoms with van der Waals surface area (Å²) in [4.78, 5) is 16.1. The van der Waals surface area contributed by atoms with Crippen LogP contribution in [0.1, 0.15) is 19.0 Å². The van der Waals surface area contributed by atoms with Gasteiger partial charge in [0.05, 0.1) is 5.02 Å². The average molecular weight is 223 g/mol. The first-order valence-electron chi connectivity index (χ1n) is 4.88. The molecule has 0 saturated carbocycles. The van der Waals surface area contributed by atoms with Crippen LogP contribution in [0.25, 0.3) is 5.65 Å². The summed E-state index contributed by atoms with van der Waals surface area (Å²) in [6.45, 7) is 2.06. The van der Waals surface area contributed by atoms with E-state index < -0.39 is 0 Å². The first kappa shape index (κ1) is 10.2. The third-order valence-corrected chi connectivity index (χ3v) is 2.41. The predicted molar refractivity (Wildman–Crippen MR) is 60.5 cm³/mol. The molecule has 0 aliphatic heterocycles. The zero-order valence-electron chi connectivity index (χ0n) is 8.40. The second-order valence-electron chi connectivity index (χ2n) is 3.41. The van der Waals surface area contributed by atoms with Crippen LogP contribution in [0.15, 0.2) is 29.2 Å². The quantitative estimate of drug-likeness (QED) is 0.782. The van der Waals surface area contributed by atoms with Crippen molar-refractivity contribution < 1.29 is 0 Å². The smallest absolute Gasteiger partial charge is 0.258 e. The van der Waals surface area contributed by atoms with Crippen LogP contribution >= 0.6 is 11.6 Å². The Morgan fingerprint density at radius 1 is 1.47 bits per heavy atom. The second-order valence-corrected chi connectivity index (χ2v) is 3.85. The molecule has 0 N–H and O–H groups in total. The fraction of sp³-hybridized carbons (Fsp3) is 0.273. The highest BCUT2D eigenvalue weighted by atomic mass is 35.5. The Bertz CT molecular complexity index is 548. The van der Waals surface area contributed by atoms with Crippen LogP contribution in [0.2, 0.25) is 5.02 Å². The topological polar surface area (TPSA) is 34.4 Å². The van der Waals surface area contributed by atoms with E-state index in [-0.39, 0.29) is 5.56 Å². The van der Waals surface area contributed by atoms with Gasteiger partial charge in [-0.15, -0.1) is 0 Å². The molecule has 0 spiro atoms. The van der Waals surface area contributed by atoms with Crippen LogP contribution in [-0.4, -0.2) is 9.38 Å². The molecule has 0 unspecified atom stereocenters. The maximum Gasteiger partial charge on any atom is 0.258 e. The van der Waals surface area contributed by atoms with Gasteiger partial charge in [-0.1, -0.05) is 24.9 Å². The van der Waals surface area contributed by atoms with Crippen LogP contribution < -0.4 is 5.56 Å². The second kappa shape index (κ2) is 4.03. The summed E-state index contributed by atoms with van der Waals surface area (Å²) < 4.78 is 1.46. The minimum atomic E-state index is -0.0778. The molecule has 0 saturated heterocycles. The van der Waals surface area contributed by atoms with E-state index in [1.54, 1.807) is 24.4 Å². The summed E-state index contributed by atoms with van der Waals surface area (Å²) in [6.07, 6.45) is 3.40. The third-order valence-electron chi connectivity index (χ3n) is 2.18. The maximum atomic E-state index is 11.7. The molecule has 0 aromatic carbocycles. The molecule has 3 nitrogen and oxygen atoms in total. The van der Waals surface area contributed by atoms with Gasteiger partial charge in [0.15, 0.2) is 0 Å². The van der Waals surface area contributed by atoms with Gasteiger partial charge in [0.25, 0.3) is 5.56 Å². The third kappa shape index (κ3) is 2.02. The van der Waals surface area contributed by atoms with Gasteiger partial charge in [-0.25, -0.2) is 4.98 Å². The van der Waals surface area contributed by atoms with Gasteiger partial charge in [0, 0.05) is 18.0 Å². The zero-order valence-corrected chi connectivity index (χ0v) is 9.16. The Labute approximate surface area is 92.3 Å². The summed E-state index contributed by atoms with van der Waals surface area (Å²) in [7, 11) is 0. The van der Waals surface area contributed by atoms with Crippen molar-refractivity contribution in [3.8, 4) is 0 Å². The van der Waals surface area contributed by atoms with Crippen LogP contribution in [0, 0.1) is 0 Å². The first-order chi connectivity index (χ1) is 7.20. The van der Waals surface area contributed by atoms with Crippen molar-refractivity contribution in [2.45, 2.75) is 19.8 Å². The number of pyridine rings is 1. The number of aromatic nitrogens is 2. The van der Waals surface area contributed by atoms with E-state index in [9.17, 15) is 4.79 Å². The molecule has 0 fully saturated rings. The lowest BCUT2D eigenvalue weighted by Crippen LogP contribution is -2.15. The van der Waals surface area contributed by atoms with Gasteiger partial charge in [-0.2, -0.15) is 0 Å². The molecule has 2 heterocycles. The van der Waals surface area contributed by atoms with Crippen molar-refractivity contribution in [2.75, 3.05) is 0 Å². The highest BCUT2D eigenvalue weighted by Crippen LogP contribution is 2.08. The summed E-state index contributed by atoms with van der Waals surface area (Å²) in [5, 5.41) is 0.537. The monoisotopic (exact) mass is 222 g/mol. The Kier molecular flexibility index (Phi) is 2.73. The van der Waals surface area contributed by atoms with Gasteiger partial charge in [0.2, 0.25) is 0 Å². The van der Waals surface area contributed by atoms with Gasteiger partial charge in [0.1, 0.15) is 5.65 Å². The number of nitrogens with zero attached hydrogens (tertiary/aromatic N) is 2. The summed E-state index contributed by atoms with van der Waals surface area (Å²) in [6, 6.07) is 5.05. The van der Waals surface area contributed by atoms with Crippen molar-refractivity contribution in [1.82, 2.24) is 9.38 Å². The minimum absolute atomic E-state index is 0.0778. The van der Waals surface area contributed by atoms with Crippen molar-refractivity contribution in [3.63, 3.8) is 0 Å². The normalized spacial score (nSPS) is 10.8. The van der Waals surface area contributed by atoms with Crippen LogP contribution in [-0.2, 0) is 6.42 Å². The molecule has 2 rings (SSSR count). The number of halogens is 1. The Balaban J connectivity index is 2.67. The zero-order chi connectivity index (χ0) is 10.8.